The Morgan fingerprint density at radius 2 is 2.00 bits per heavy atom. The molecule has 0 unspecified atom stereocenters. The summed E-state index contributed by atoms with van der Waals surface area (Å²) in [5.41, 5.74) is 0.919. The normalized spacial score (nSPS) is 9.07. The molecule has 1 heterocycles. The van der Waals surface area contributed by atoms with Gasteiger partial charge in [-0.3, -0.25) is 4.79 Å². The zero-order valence-electron chi connectivity index (χ0n) is 7.15. The number of pyridine rings is 1. The number of nitrogens with zero attached hydrogens (tertiary/aromatic N) is 1. The zero-order valence-corrected chi connectivity index (χ0v) is 7.97. The Kier molecular flexibility index (Phi) is 2.90. The van der Waals surface area contributed by atoms with Gasteiger partial charge in [-0.2, -0.15) is 5.26 Å². The number of nitriles is 1. The molecular weight excluding hydrogens is 200 g/mol. The molecule has 0 atom stereocenters. The van der Waals surface area contributed by atoms with E-state index in [2.05, 4.69) is 4.98 Å². The largest absolute Gasteiger partial charge is 0.321 e. The maximum Gasteiger partial charge on any atom is 0.248 e. The van der Waals surface area contributed by atoms with Crippen molar-refractivity contribution in [3.8, 4) is 6.07 Å². The fourth-order valence-corrected chi connectivity index (χ4v) is 1.27. The molecule has 0 spiro atoms. The first-order valence-corrected chi connectivity index (χ1v) is 3.83. The predicted octanol–water partition coefficient (Wildman–Crippen LogP) is 1.82. The van der Waals surface area contributed by atoms with Gasteiger partial charge >= 0.3 is 0 Å². The molecule has 1 aromatic carbocycles. The number of nitrogens with one attached hydrogen (secondary N) is 1. The van der Waals surface area contributed by atoms with Crippen molar-refractivity contribution in [2.45, 2.75) is 0 Å². The minimum absolute atomic E-state index is 0. The average Bonchev–Trinajstić information content (AvgIpc) is 2.17. The van der Waals surface area contributed by atoms with Crippen LogP contribution in [0.3, 0.4) is 0 Å². The Labute approximate surface area is 86.4 Å². The first-order valence-electron chi connectivity index (χ1n) is 3.83. The standard InChI is InChI=1S/C10H6N2O.ClH/c11-6-8-3-1-2-7-4-5-9(13)12-10(7)8;/h1-5H,(H,12,13);1H. The predicted molar refractivity (Wildman–Crippen MR) is 56.5 cm³/mol. The van der Waals surface area contributed by atoms with Crippen LogP contribution in [0, 0.1) is 11.3 Å². The van der Waals surface area contributed by atoms with Gasteiger partial charge in [0.15, 0.2) is 0 Å². The summed E-state index contributed by atoms with van der Waals surface area (Å²) in [5.74, 6) is 0. The van der Waals surface area contributed by atoms with E-state index in [1.54, 1.807) is 18.2 Å². The highest BCUT2D eigenvalue weighted by Gasteiger charge is 1.98. The third-order valence-electron chi connectivity index (χ3n) is 1.88. The molecule has 4 heteroatoms. The van der Waals surface area contributed by atoms with E-state index < -0.39 is 0 Å². The van der Waals surface area contributed by atoms with Crippen molar-refractivity contribution in [1.29, 1.82) is 5.26 Å². The van der Waals surface area contributed by atoms with Crippen LogP contribution >= 0.6 is 12.4 Å². The Morgan fingerprint density at radius 3 is 2.71 bits per heavy atom. The van der Waals surface area contributed by atoms with Crippen molar-refractivity contribution in [3.05, 3.63) is 46.2 Å². The molecule has 0 aliphatic rings. The summed E-state index contributed by atoms with van der Waals surface area (Å²) < 4.78 is 0. The van der Waals surface area contributed by atoms with Gasteiger partial charge in [-0.1, -0.05) is 12.1 Å². The fourth-order valence-electron chi connectivity index (χ4n) is 1.27. The number of hydrogen-bond acceptors (Lipinski definition) is 2. The molecule has 14 heavy (non-hydrogen) atoms. The summed E-state index contributed by atoms with van der Waals surface area (Å²) in [6, 6.07) is 10.5. The number of para-hydroxylation sites is 1. The van der Waals surface area contributed by atoms with Crippen LogP contribution in [0.4, 0.5) is 0 Å². The lowest BCUT2D eigenvalue weighted by Crippen LogP contribution is -2.03. The van der Waals surface area contributed by atoms with E-state index in [0.717, 1.165) is 5.39 Å². The lowest BCUT2D eigenvalue weighted by Gasteiger charge is -1.97. The molecule has 0 aliphatic heterocycles. The number of halogens is 1. The Hall–Kier alpha value is -1.79. The number of aromatic amines is 1. The molecule has 0 saturated carbocycles. The summed E-state index contributed by atoms with van der Waals surface area (Å²) >= 11 is 0. The van der Waals surface area contributed by atoms with Gasteiger partial charge in [0, 0.05) is 6.07 Å². The quantitative estimate of drug-likeness (QED) is 0.715. The third-order valence-corrected chi connectivity index (χ3v) is 1.88. The van der Waals surface area contributed by atoms with Gasteiger partial charge in [-0.25, -0.2) is 0 Å². The highest BCUT2D eigenvalue weighted by atomic mass is 35.5. The molecule has 1 aromatic heterocycles. The second-order valence-electron chi connectivity index (χ2n) is 2.70. The lowest BCUT2D eigenvalue weighted by molar-refractivity contribution is 1.30. The molecule has 0 fully saturated rings. The van der Waals surface area contributed by atoms with Crippen molar-refractivity contribution < 1.29 is 0 Å². The second kappa shape index (κ2) is 3.95. The van der Waals surface area contributed by atoms with Crippen molar-refractivity contribution in [1.82, 2.24) is 4.98 Å². The number of fused-ring (bicyclic) bond motifs is 1. The zero-order chi connectivity index (χ0) is 9.26. The summed E-state index contributed by atoms with van der Waals surface area (Å²) in [7, 11) is 0. The maximum atomic E-state index is 11.0. The number of benzene rings is 1. The highest BCUT2D eigenvalue weighted by molar-refractivity contribution is 5.85. The van der Waals surface area contributed by atoms with Crippen molar-refractivity contribution in [2.24, 2.45) is 0 Å². The first-order chi connectivity index (χ1) is 6.31. The van der Waals surface area contributed by atoms with E-state index in [0.29, 0.717) is 11.1 Å². The van der Waals surface area contributed by atoms with Gasteiger partial charge in [-0.05, 0) is 17.5 Å². The van der Waals surface area contributed by atoms with Gasteiger partial charge < -0.3 is 4.98 Å². The van der Waals surface area contributed by atoms with Gasteiger partial charge in [0.05, 0.1) is 11.1 Å². The minimum Gasteiger partial charge on any atom is -0.321 e. The maximum absolute atomic E-state index is 11.0. The van der Waals surface area contributed by atoms with Crippen LogP contribution in [0.2, 0.25) is 0 Å². The highest BCUT2D eigenvalue weighted by Crippen LogP contribution is 2.12. The molecule has 1 N–H and O–H groups in total. The monoisotopic (exact) mass is 206 g/mol. The van der Waals surface area contributed by atoms with Crippen LogP contribution in [0.25, 0.3) is 10.9 Å². The molecule has 0 bridgehead atoms. The van der Waals surface area contributed by atoms with E-state index in [1.807, 2.05) is 12.1 Å². The van der Waals surface area contributed by atoms with Crippen LogP contribution < -0.4 is 5.56 Å². The SMILES string of the molecule is Cl.N#Cc1cccc2ccc(=O)[nH]c12. The van der Waals surface area contributed by atoms with E-state index in [-0.39, 0.29) is 18.0 Å². The number of aromatic nitrogens is 1. The Morgan fingerprint density at radius 1 is 1.21 bits per heavy atom. The molecular formula is C10H7ClN2O. The number of H-pyrrole nitrogens is 1. The van der Waals surface area contributed by atoms with Gasteiger partial charge in [0.2, 0.25) is 5.56 Å². The average molecular weight is 207 g/mol. The number of hydrogen-bond donors (Lipinski definition) is 1. The van der Waals surface area contributed by atoms with Crippen molar-refractivity contribution >= 4 is 23.3 Å². The van der Waals surface area contributed by atoms with Crippen LogP contribution in [0.15, 0.2) is 35.1 Å². The summed E-state index contributed by atoms with van der Waals surface area (Å²) in [6.07, 6.45) is 0. The molecule has 2 rings (SSSR count). The molecule has 0 saturated heterocycles. The Bertz CT molecular complexity index is 554. The first kappa shape index (κ1) is 10.3. The topological polar surface area (TPSA) is 56.6 Å². The van der Waals surface area contributed by atoms with E-state index in [9.17, 15) is 4.79 Å². The Balaban J connectivity index is 0.000000980. The number of rotatable bonds is 0. The minimum atomic E-state index is -0.185. The molecule has 0 radical (unpaired) electrons. The summed E-state index contributed by atoms with van der Waals surface area (Å²) in [5, 5.41) is 9.63. The summed E-state index contributed by atoms with van der Waals surface area (Å²) in [6.45, 7) is 0. The fraction of sp³-hybridized carbons (Fsp3) is 0. The van der Waals surface area contributed by atoms with Gasteiger partial charge in [-0.15, -0.1) is 12.4 Å². The molecule has 70 valence electrons. The second-order valence-corrected chi connectivity index (χ2v) is 2.70. The van der Waals surface area contributed by atoms with Crippen LogP contribution in [0.5, 0.6) is 0 Å². The van der Waals surface area contributed by atoms with Crippen LogP contribution in [-0.2, 0) is 0 Å². The smallest absolute Gasteiger partial charge is 0.248 e. The van der Waals surface area contributed by atoms with Crippen molar-refractivity contribution in [2.75, 3.05) is 0 Å². The van der Waals surface area contributed by atoms with Crippen LogP contribution in [0.1, 0.15) is 5.56 Å². The molecule has 0 aliphatic carbocycles. The van der Waals surface area contributed by atoms with Crippen LogP contribution in [-0.4, -0.2) is 4.98 Å². The molecule has 3 nitrogen and oxygen atoms in total. The van der Waals surface area contributed by atoms with E-state index in [4.69, 9.17) is 5.26 Å². The molecule has 0 amide bonds. The van der Waals surface area contributed by atoms with E-state index in [1.165, 1.54) is 6.07 Å². The van der Waals surface area contributed by atoms with Gasteiger partial charge in [0.25, 0.3) is 0 Å². The lowest BCUT2D eigenvalue weighted by atomic mass is 10.1. The van der Waals surface area contributed by atoms with Crippen molar-refractivity contribution in [3.63, 3.8) is 0 Å². The van der Waals surface area contributed by atoms with Gasteiger partial charge in [0.1, 0.15) is 6.07 Å². The molecule has 2 aromatic rings. The third kappa shape index (κ3) is 1.61. The summed E-state index contributed by atoms with van der Waals surface area (Å²) in [4.78, 5) is 13.6. The van der Waals surface area contributed by atoms with E-state index >= 15 is 0 Å².